The van der Waals surface area contributed by atoms with Crippen molar-refractivity contribution < 1.29 is 22.6 Å². The van der Waals surface area contributed by atoms with Crippen molar-refractivity contribution in [2.75, 3.05) is 24.3 Å². The first-order chi connectivity index (χ1) is 11.1. The predicted octanol–water partition coefficient (Wildman–Crippen LogP) is 3.33. The number of nitro groups is 1. The molecule has 130 valence electrons. The smallest absolute Gasteiger partial charge is 0.370 e. The summed E-state index contributed by atoms with van der Waals surface area (Å²) in [5.41, 5.74) is -2.24. The van der Waals surface area contributed by atoms with Crippen molar-refractivity contribution >= 4 is 28.9 Å². The molecule has 0 spiro atoms. The van der Waals surface area contributed by atoms with Crippen molar-refractivity contribution in [3.63, 3.8) is 0 Å². The number of hydrogen-bond donors (Lipinski definition) is 1. The molecule has 12 heteroatoms. The molecule has 0 amide bonds. The highest BCUT2D eigenvalue weighted by Crippen LogP contribution is 2.40. The highest BCUT2D eigenvalue weighted by molar-refractivity contribution is 6.31. The molecule has 0 radical (unpaired) electrons. The molecule has 24 heavy (non-hydrogen) atoms. The van der Waals surface area contributed by atoms with Crippen LogP contribution in [0.25, 0.3) is 0 Å². The van der Waals surface area contributed by atoms with Crippen LogP contribution < -0.4 is 10.2 Å². The van der Waals surface area contributed by atoms with Crippen LogP contribution in [0, 0.1) is 10.1 Å². The van der Waals surface area contributed by atoms with Gasteiger partial charge in [0.15, 0.2) is 0 Å². The summed E-state index contributed by atoms with van der Waals surface area (Å²) >= 11 is 5.58. The molecule has 0 saturated carbocycles. The normalized spacial score (nSPS) is 11.4. The summed E-state index contributed by atoms with van der Waals surface area (Å²) in [6.45, 7) is -0.122. The maximum Gasteiger partial charge on any atom is 0.418 e. The van der Waals surface area contributed by atoms with Crippen LogP contribution in [0.5, 0.6) is 0 Å². The average molecular weight is 366 g/mol. The van der Waals surface area contributed by atoms with Gasteiger partial charge in [-0.1, -0.05) is 11.6 Å². The zero-order valence-electron chi connectivity index (χ0n) is 12.4. The molecule has 2 rings (SSSR count). The van der Waals surface area contributed by atoms with E-state index in [9.17, 15) is 23.3 Å². The van der Waals surface area contributed by atoms with Crippen LogP contribution in [0.4, 0.5) is 30.5 Å². The first-order valence-corrected chi connectivity index (χ1v) is 6.76. The summed E-state index contributed by atoms with van der Waals surface area (Å²) in [5, 5.41) is 16.6. The van der Waals surface area contributed by atoms with Gasteiger partial charge in [0.1, 0.15) is 5.69 Å². The van der Waals surface area contributed by atoms with E-state index in [1.54, 1.807) is 19.0 Å². The molecule has 8 nitrogen and oxygen atoms in total. The molecule has 2 aromatic rings. The van der Waals surface area contributed by atoms with Gasteiger partial charge in [-0.15, -0.1) is 0 Å². The van der Waals surface area contributed by atoms with Gasteiger partial charge in [0.25, 0.3) is 11.6 Å². The molecule has 0 aliphatic rings. The van der Waals surface area contributed by atoms with Crippen molar-refractivity contribution in [3.8, 4) is 0 Å². The fourth-order valence-electron chi connectivity index (χ4n) is 1.74. The molecule has 1 N–H and O–H groups in total. The molecule has 0 saturated heterocycles. The van der Waals surface area contributed by atoms with E-state index in [0.717, 1.165) is 6.07 Å². The van der Waals surface area contributed by atoms with Crippen LogP contribution >= 0.6 is 11.6 Å². The van der Waals surface area contributed by atoms with Gasteiger partial charge in [-0.05, 0) is 11.2 Å². The summed E-state index contributed by atoms with van der Waals surface area (Å²) in [6, 6.07) is 1.22. The van der Waals surface area contributed by atoms with Gasteiger partial charge in [-0.3, -0.25) is 10.1 Å². The van der Waals surface area contributed by atoms with E-state index < -0.39 is 27.4 Å². The first kappa shape index (κ1) is 17.8. The summed E-state index contributed by atoms with van der Waals surface area (Å²) in [4.78, 5) is 15.6. The lowest BCUT2D eigenvalue weighted by Crippen LogP contribution is -2.11. The largest absolute Gasteiger partial charge is 0.418 e. The number of halogens is 4. The van der Waals surface area contributed by atoms with Crippen molar-refractivity contribution in [2.45, 2.75) is 12.7 Å². The van der Waals surface area contributed by atoms with E-state index in [-0.39, 0.29) is 24.1 Å². The van der Waals surface area contributed by atoms with Crippen LogP contribution in [-0.4, -0.2) is 29.2 Å². The Kier molecular flexibility index (Phi) is 4.83. The molecule has 1 aromatic heterocycles. The number of anilines is 2. The van der Waals surface area contributed by atoms with Gasteiger partial charge in [-0.25, -0.2) is 0 Å². The third-order valence-electron chi connectivity index (χ3n) is 2.87. The molecule has 0 aliphatic carbocycles. The van der Waals surface area contributed by atoms with E-state index in [0.29, 0.717) is 6.07 Å². The zero-order valence-corrected chi connectivity index (χ0v) is 13.1. The maximum atomic E-state index is 12.8. The molecule has 1 heterocycles. The Bertz CT molecular complexity index is 763. The van der Waals surface area contributed by atoms with Gasteiger partial charge in [0, 0.05) is 20.2 Å². The first-order valence-electron chi connectivity index (χ1n) is 6.38. The number of nitro benzene ring substituents is 1. The quantitative estimate of drug-likeness (QED) is 0.641. The van der Waals surface area contributed by atoms with Gasteiger partial charge >= 0.3 is 6.18 Å². The average Bonchev–Trinajstić information content (AvgIpc) is 2.92. The Balaban J connectivity index is 2.28. The minimum Gasteiger partial charge on any atom is -0.370 e. The minimum atomic E-state index is -4.80. The Morgan fingerprint density at radius 2 is 2.08 bits per heavy atom. The number of rotatable bonds is 5. The summed E-state index contributed by atoms with van der Waals surface area (Å²) in [6.07, 6.45) is -4.80. The standard InChI is InChI=1S/C12H11ClF3N5O3/c1-20(2)11-18-10(24-19-11)5-17-8-4-7(13)6(12(14,15)16)3-9(8)21(22)23/h3-4,17H,5H2,1-2H3. The highest BCUT2D eigenvalue weighted by atomic mass is 35.5. The summed E-state index contributed by atoms with van der Waals surface area (Å²) in [5.74, 6) is 0.385. The lowest BCUT2D eigenvalue weighted by Gasteiger charge is -2.11. The number of benzene rings is 1. The third-order valence-corrected chi connectivity index (χ3v) is 3.19. The maximum absolute atomic E-state index is 12.8. The van der Waals surface area contributed by atoms with Crippen molar-refractivity contribution in [1.29, 1.82) is 0 Å². The van der Waals surface area contributed by atoms with Crippen LogP contribution in [0.3, 0.4) is 0 Å². The second kappa shape index (κ2) is 6.51. The fraction of sp³-hybridized carbons (Fsp3) is 0.333. The van der Waals surface area contributed by atoms with E-state index in [4.69, 9.17) is 16.1 Å². The molecule has 0 fully saturated rings. The monoisotopic (exact) mass is 365 g/mol. The van der Waals surface area contributed by atoms with Crippen LogP contribution in [0.2, 0.25) is 5.02 Å². The fourth-order valence-corrected chi connectivity index (χ4v) is 2.01. The van der Waals surface area contributed by atoms with Crippen molar-refractivity contribution in [1.82, 2.24) is 10.1 Å². The van der Waals surface area contributed by atoms with Gasteiger partial charge < -0.3 is 14.7 Å². The Labute approximate surface area is 138 Å². The molecule has 0 bridgehead atoms. The predicted molar refractivity (Wildman–Crippen MR) is 79.1 cm³/mol. The molecular formula is C12H11ClF3N5O3. The van der Waals surface area contributed by atoms with Gasteiger partial charge in [-0.2, -0.15) is 18.2 Å². The topological polar surface area (TPSA) is 97.3 Å². The lowest BCUT2D eigenvalue weighted by molar-refractivity contribution is -0.384. The molecule has 0 unspecified atom stereocenters. The number of nitrogens with zero attached hydrogens (tertiary/aromatic N) is 4. The SMILES string of the molecule is CN(C)c1noc(CNc2cc(Cl)c(C(F)(F)F)cc2[N+](=O)[O-])n1. The number of aromatic nitrogens is 2. The number of hydrogen-bond acceptors (Lipinski definition) is 7. The van der Waals surface area contributed by atoms with Crippen molar-refractivity contribution in [2.24, 2.45) is 0 Å². The third kappa shape index (κ3) is 3.85. The second-order valence-corrected chi connectivity index (χ2v) is 5.25. The van der Waals surface area contributed by atoms with Gasteiger partial charge in [0.05, 0.1) is 22.1 Å². The Morgan fingerprint density at radius 3 is 2.58 bits per heavy atom. The van der Waals surface area contributed by atoms with Crippen LogP contribution in [0.15, 0.2) is 16.7 Å². The highest BCUT2D eigenvalue weighted by Gasteiger charge is 2.36. The van der Waals surface area contributed by atoms with Crippen LogP contribution in [0.1, 0.15) is 11.5 Å². The van der Waals surface area contributed by atoms with E-state index in [2.05, 4.69) is 15.5 Å². The van der Waals surface area contributed by atoms with E-state index in [1.165, 1.54) is 0 Å². The Hall–Kier alpha value is -2.56. The Morgan fingerprint density at radius 1 is 1.42 bits per heavy atom. The van der Waals surface area contributed by atoms with Crippen molar-refractivity contribution in [3.05, 3.63) is 38.7 Å². The van der Waals surface area contributed by atoms with Gasteiger partial charge in [0.2, 0.25) is 5.89 Å². The molecular weight excluding hydrogens is 355 g/mol. The summed E-state index contributed by atoms with van der Waals surface area (Å²) < 4.78 is 43.3. The lowest BCUT2D eigenvalue weighted by atomic mass is 10.1. The zero-order chi connectivity index (χ0) is 18.1. The van der Waals surface area contributed by atoms with E-state index >= 15 is 0 Å². The minimum absolute atomic E-state index is 0.101. The molecule has 1 aromatic carbocycles. The number of alkyl halides is 3. The number of nitrogens with one attached hydrogen (secondary N) is 1. The van der Waals surface area contributed by atoms with E-state index in [1.807, 2.05) is 0 Å². The molecule has 0 aliphatic heterocycles. The molecule has 0 atom stereocenters. The second-order valence-electron chi connectivity index (χ2n) is 4.84. The van der Waals surface area contributed by atoms with Crippen LogP contribution in [-0.2, 0) is 12.7 Å². The summed E-state index contributed by atoms with van der Waals surface area (Å²) in [7, 11) is 3.37.